The van der Waals surface area contributed by atoms with Crippen molar-refractivity contribution >= 4 is 17.6 Å². The lowest BCUT2D eigenvalue weighted by Crippen LogP contribution is -2.32. The van der Waals surface area contributed by atoms with E-state index in [2.05, 4.69) is 5.32 Å². The van der Waals surface area contributed by atoms with Crippen molar-refractivity contribution in [1.82, 2.24) is 0 Å². The first kappa shape index (κ1) is 19.5. The average molecular weight is 355 g/mol. The van der Waals surface area contributed by atoms with Gasteiger partial charge in [0.1, 0.15) is 5.75 Å². The number of carbonyl (C=O) groups is 2. The summed E-state index contributed by atoms with van der Waals surface area (Å²) in [6, 6.07) is 12.7. The Labute approximate surface area is 154 Å². The van der Waals surface area contributed by atoms with Crippen LogP contribution in [0.4, 0.5) is 5.69 Å². The van der Waals surface area contributed by atoms with E-state index in [1.165, 1.54) is 0 Å². The van der Waals surface area contributed by atoms with Crippen LogP contribution in [0.25, 0.3) is 0 Å². The number of amides is 1. The van der Waals surface area contributed by atoms with Gasteiger partial charge in [0.25, 0.3) is 5.91 Å². The van der Waals surface area contributed by atoms with E-state index in [-0.39, 0.29) is 5.91 Å². The third-order valence-electron chi connectivity index (χ3n) is 3.97. The van der Waals surface area contributed by atoms with Crippen molar-refractivity contribution in [3.63, 3.8) is 0 Å². The normalized spacial score (nSPS) is 11.5. The predicted octanol–water partition coefficient (Wildman–Crippen LogP) is 4.28. The summed E-state index contributed by atoms with van der Waals surface area (Å²) in [6.45, 7) is 7.81. The van der Waals surface area contributed by atoms with Crippen LogP contribution in [-0.4, -0.2) is 24.6 Å². The fourth-order valence-corrected chi connectivity index (χ4v) is 2.41. The SMILES string of the molecule is CCOC(=O)c1ccc(C)c(NC(=O)C(CC)Oc2ccc(C)cc2)c1. The Morgan fingerprint density at radius 3 is 2.35 bits per heavy atom. The molecule has 138 valence electrons. The third kappa shape index (κ3) is 5.09. The molecule has 0 bridgehead atoms. The molecule has 0 saturated carbocycles. The molecule has 0 aliphatic heterocycles. The van der Waals surface area contributed by atoms with E-state index in [1.54, 1.807) is 25.1 Å². The van der Waals surface area contributed by atoms with Crippen LogP contribution >= 0.6 is 0 Å². The largest absolute Gasteiger partial charge is 0.481 e. The Kier molecular flexibility index (Phi) is 6.78. The number of carbonyl (C=O) groups excluding carboxylic acids is 2. The number of esters is 1. The molecular formula is C21H25NO4. The highest BCUT2D eigenvalue weighted by molar-refractivity contribution is 5.97. The molecule has 5 nitrogen and oxygen atoms in total. The monoisotopic (exact) mass is 355 g/mol. The van der Waals surface area contributed by atoms with Gasteiger partial charge < -0.3 is 14.8 Å². The number of nitrogens with one attached hydrogen (secondary N) is 1. The number of ether oxygens (including phenoxy) is 2. The lowest BCUT2D eigenvalue weighted by Gasteiger charge is -2.18. The lowest BCUT2D eigenvalue weighted by molar-refractivity contribution is -0.122. The summed E-state index contributed by atoms with van der Waals surface area (Å²) in [5.41, 5.74) is 2.96. The van der Waals surface area contributed by atoms with Crippen LogP contribution in [0.1, 0.15) is 41.8 Å². The molecule has 5 heteroatoms. The van der Waals surface area contributed by atoms with Gasteiger partial charge in [0.2, 0.25) is 0 Å². The Morgan fingerprint density at radius 1 is 1.04 bits per heavy atom. The van der Waals surface area contributed by atoms with Gasteiger partial charge in [0.05, 0.1) is 12.2 Å². The summed E-state index contributed by atoms with van der Waals surface area (Å²) in [6.07, 6.45) is -0.0978. The first-order valence-corrected chi connectivity index (χ1v) is 8.76. The number of rotatable bonds is 7. The minimum absolute atomic E-state index is 0.253. The molecular weight excluding hydrogens is 330 g/mol. The zero-order chi connectivity index (χ0) is 19.1. The van der Waals surface area contributed by atoms with Crippen LogP contribution in [-0.2, 0) is 9.53 Å². The summed E-state index contributed by atoms with van der Waals surface area (Å²) in [4.78, 5) is 24.5. The molecule has 0 fully saturated rings. The first-order valence-electron chi connectivity index (χ1n) is 8.76. The van der Waals surface area contributed by atoms with Crippen LogP contribution in [0.3, 0.4) is 0 Å². The van der Waals surface area contributed by atoms with Gasteiger partial charge in [-0.3, -0.25) is 4.79 Å². The van der Waals surface area contributed by atoms with Gasteiger partial charge in [-0.2, -0.15) is 0 Å². The van der Waals surface area contributed by atoms with Gasteiger partial charge >= 0.3 is 5.97 Å². The van der Waals surface area contributed by atoms with E-state index in [9.17, 15) is 9.59 Å². The predicted molar refractivity (Wildman–Crippen MR) is 102 cm³/mol. The molecule has 0 spiro atoms. The molecule has 0 saturated heterocycles. The Balaban J connectivity index is 2.12. The molecule has 1 unspecified atom stereocenters. The van der Waals surface area contributed by atoms with Gasteiger partial charge in [0.15, 0.2) is 6.10 Å². The van der Waals surface area contributed by atoms with Crippen LogP contribution in [0, 0.1) is 13.8 Å². The maximum Gasteiger partial charge on any atom is 0.338 e. The van der Waals surface area contributed by atoms with Crippen molar-refractivity contribution in [3.05, 3.63) is 59.2 Å². The molecule has 1 atom stereocenters. The summed E-state index contributed by atoms with van der Waals surface area (Å²) in [7, 11) is 0. The lowest BCUT2D eigenvalue weighted by atomic mass is 10.1. The highest BCUT2D eigenvalue weighted by Crippen LogP contribution is 2.20. The molecule has 0 aliphatic rings. The van der Waals surface area contributed by atoms with Gasteiger partial charge in [-0.25, -0.2) is 4.79 Å². The van der Waals surface area contributed by atoms with Gasteiger partial charge in [-0.05, 0) is 57.0 Å². The van der Waals surface area contributed by atoms with Gasteiger partial charge in [-0.1, -0.05) is 30.7 Å². The molecule has 2 rings (SSSR count). The standard InChI is InChI=1S/C21H25NO4/c1-5-19(26-17-11-7-14(3)8-12-17)20(23)22-18-13-16(10-9-15(18)4)21(24)25-6-2/h7-13,19H,5-6H2,1-4H3,(H,22,23). The van der Waals surface area contributed by atoms with Crippen molar-refractivity contribution in [3.8, 4) is 5.75 Å². The Bertz CT molecular complexity index is 768. The van der Waals surface area contributed by atoms with E-state index in [0.717, 1.165) is 11.1 Å². The third-order valence-corrected chi connectivity index (χ3v) is 3.97. The molecule has 0 radical (unpaired) electrons. The molecule has 2 aromatic rings. The highest BCUT2D eigenvalue weighted by atomic mass is 16.5. The maximum atomic E-state index is 12.6. The van der Waals surface area contributed by atoms with E-state index in [1.807, 2.05) is 45.0 Å². The second kappa shape index (κ2) is 9.04. The zero-order valence-electron chi connectivity index (χ0n) is 15.7. The van der Waals surface area contributed by atoms with Crippen molar-refractivity contribution in [1.29, 1.82) is 0 Å². The molecule has 0 aliphatic carbocycles. The molecule has 0 aromatic heterocycles. The smallest absolute Gasteiger partial charge is 0.338 e. The molecule has 26 heavy (non-hydrogen) atoms. The zero-order valence-corrected chi connectivity index (χ0v) is 15.7. The summed E-state index contributed by atoms with van der Waals surface area (Å²) in [5.74, 6) is -0.0160. The highest BCUT2D eigenvalue weighted by Gasteiger charge is 2.20. The van der Waals surface area contributed by atoms with Crippen molar-refractivity contribution in [2.24, 2.45) is 0 Å². The van der Waals surface area contributed by atoms with Crippen molar-refractivity contribution < 1.29 is 19.1 Å². The molecule has 1 N–H and O–H groups in total. The number of benzene rings is 2. The summed E-state index contributed by atoms with van der Waals surface area (Å²) >= 11 is 0. The second-order valence-electron chi connectivity index (χ2n) is 6.07. The Morgan fingerprint density at radius 2 is 1.73 bits per heavy atom. The number of anilines is 1. The van der Waals surface area contributed by atoms with E-state index < -0.39 is 12.1 Å². The molecule has 1 amide bonds. The minimum atomic E-state index is -0.622. The van der Waals surface area contributed by atoms with E-state index in [0.29, 0.717) is 30.0 Å². The molecule has 2 aromatic carbocycles. The van der Waals surface area contributed by atoms with Gasteiger partial charge in [0, 0.05) is 5.69 Å². The topological polar surface area (TPSA) is 64.6 Å². The second-order valence-corrected chi connectivity index (χ2v) is 6.07. The van der Waals surface area contributed by atoms with E-state index >= 15 is 0 Å². The van der Waals surface area contributed by atoms with Crippen LogP contribution in [0.2, 0.25) is 0 Å². The summed E-state index contributed by atoms with van der Waals surface area (Å²) in [5, 5.41) is 2.86. The quantitative estimate of drug-likeness (QED) is 0.753. The van der Waals surface area contributed by atoms with Gasteiger partial charge in [-0.15, -0.1) is 0 Å². The fraction of sp³-hybridized carbons (Fsp3) is 0.333. The van der Waals surface area contributed by atoms with Crippen LogP contribution < -0.4 is 10.1 Å². The first-order chi connectivity index (χ1) is 12.4. The fourth-order valence-electron chi connectivity index (χ4n) is 2.41. The van der Waals surface area contributed by atoms with Crippen LogP contribution in [0.5, 0.6) is 5.75 Å². The van der Waals surface area contributed by atoms with Crippen molar-refractivity contribution in [2.45, 2.75) is 40.2 Å². The Hall–Kier alpha value is -2.82. The number of hydrogen-bond acceptors (Lipinski definition) is 4. The maximum absolute atomic E-state index is 12.6. The average Bonchev–Trinajstić information content (AvgIpc) is 2.63. The van der Waals surface area contributed by atoms with Crippen molar-refractivity contribution in [2.75, 3.05) is 11.9 Å². The molecule has 0 heterocycles. The number of aryl methyl sites for hydroxylation is 2. The minimum Gasteiger partial charge on any atom is -0.481 e. The van der Waals surface area contributed by atoms with E-state index in [4.69, 9.17) is 9.47 Å². The number of hydrogen-bond donors (Lipinski definition) is 1. The van der Waals surface area contributed by atoms with Crippen LogP contribution in [0.15, 0.2) is 42.5 Å². The summed E-state index contributed by atoms with van der Waals surface area (Å²) < 4.78 is 10.8.